The van der Waals surface area contributed by atoms with Crippen LogP contribution in [0.4, 0.5) is 0 Å². The van der Waals surface area contributed by atoms with E-state index < -0.39 is 12.3 Å². The van der Waals surface area contributed by atoms with Gasteiger partial charge in [0.05, 0.1) is 0 Å². The molecule has 0 aromatic heterocycles. The van der Waals surface area contributed by atoms with Crippen molar-refractivity contribution in [2.75, 3.05) is 0 Å². The molecule has 28 heavy (non-hydrogen) atoms. The molecule has 0 amide bonds. The average molecular weight is 395 g/mol. The van der Waals surface area contributed by atoms with E-state index in [0.29, 0.717) is 12.2 Å². The summed E-state index contributed by atoms with van der Waals surface area (Å²) in [4.78, 5) is 10.3. The highest BCUT2D eigenvalue weighted by Crippen LogP contribution is 2.13. The van der Waals surface area contributed by atoms with Crippen molar-refractivity contribution < 1.29 is 19.7 Å². The van der Waals surface area contributed by atoms with Crippen LogP contribution in [0.15, 0.2) is 30.3 Å². The third kappa shape index (κ3) is 20.8. The van der Waals surface area contributed by atoms with Crippen molar-refractivity contribution in [3.63, 3.8) is 0 Å². The highest BCUT2D eigenvalue weighted by Gasteiger charge is 1.97. The maximum atomic E-state index is 10.3. The predicted molar refractivity (Wildman–Crippen MR) is 117 cm³/mol. The van der Waals surface area contributed by atoms with Crippen LogP contribution >= 0.6 is 0 Å². The molecular weight excluding hydrogens is 352 g/mol. The van der Waals surface area contributed by atoms with Crippen LogP contribution in [0.5, 0.6) is 5.75 Å². The van der Waals surface area contributed by atoms with E-state index in [9.17, 15) is 4.79 Å². The Balaban J connectivity index is 0.000000609. The minimum absolute atomic E-state index is 0.345. The SMILES string of the molecule is CC(O)Oc1ccccc1.CCCCCCCCCCCCCCCC(=O)O. The number of benzene rings is 1. The van der Waals surface area contributed by atoms with Crippen molar-refractivity contribution in [1.82, 2.24) is 0 Å². The summed E-state index contributed by atoms with van der Waals surface area (Å²) in [6, 6.07) is 9.21. The topological polar surface area (TPSA) is 66.8 Å². The van der Waals surface area contributed by atoms with Gasteiger partial charge in [0.25, 0.3) is 0 Å². The Labute approximate surface area is 172 Å². The standard InChI is InChI=1S/C16H32O2.C8H10O2/c1-2-3-4-5-6-7-8-9-10-11-12-13-14-15-16(17)18;1-7(9)10-8-5-3-2-4-6-8/h2-15H2,1H3,(H,17,18);2-7,9H,1H3. The van der Waals surface area contributed by atoms with Gasteiger partial charge in [-0.25, -0.2) is 0 Å². The van der Waals surface area contributed by atoms with Crippen LogP contribution in [0.3, 0.4) is 0 Å². The summed E-state index contributed by atoms with van der Waals surface area (Å²) in [6.07, 6.45) is 16.5. The molecule has 162 valence electrons. The monoisotopic (exact) mass is 394 g/mol. The number of para-hydroxylation sites is 1. The molecular formula is C24H42O4. The molecule has 1 unspecified atom stereocenters. The van der Waals surface area contributed by atoms with Crippen molar-refractivity contribution >= 4 is 5.97 Å². The maximum Gasteiger partial charge on any atom is 0.303 e. The summed E-state index contributed by atoms with van der Waals surface area (Å²) in [5.74, 6) is 0.0376. The second-order valence-corrected chi connectivity index (χ2v) is 7.42. The first kappa shape index (κ1) is 26.4. The fourth-order valence-electron chi connectivity index (χ4n) is 2.99. The van der Waals surface area contributed by atoms with Crippen LogP contribution in [-0.4, -0.2) is 22.5 Å². The number of carboxylic acids is 1. The van der Waals surface area contributed by atoms with Gasteiger partial charge in [-0.15, -0.1) is 0 Å². The number of carbonyl (C=O) groups is 1. The van der Waals surface area contributed by atoms with Gasteiger partial charge in [0, 0.05) is 6.42 Å². The van der Waals surface area contributed by atoms with Crippen LogP contribution in [0.25, 0.3) is 0 Å². The first-order chi connectivity index (χ1) is 13.6. The number of ether oxygens (including phenoxy) is 1. The molecule has 0 bridgehead atoms. The number of aliphatic hydroxyl groups excluding tert-OH is 1. The molecule has 4 heteroatoms. The minimum Gasteiger partial charge on any atom is -0.481 e. The summed E-state index contributed by atoms with van der Waals surface area (Å²) >= 11 is 0. The molecule has 0 radical (unpaired) electrons. The minimum atomic E-state index is -0.734. The zero-order chi connectivity index (χ0) is 20.9. The van der Waals surface area contributed by atoms with Crippen LogP contribution in [0.2, 0.25) is 0 Å². The zero-order valence-corrected chi connectivity index (χ0v) is 18.1. The summed E-state index contributed by atoms with van der Waals surface area (Å²) in [5, 5.41) is 17.3. The van der Waals surface area contributed by atoms with Gasteiger partial charge >= 0.3 is 5.97 Å². The smallest absolute Gasteiger partial charge is 0.303 e. The van der Waals surface area contributed by atoms with Gasteiger partial charge in [0.1, 0.15) is 5.75 Å². The van der Waals surface area contributed by atoms with E-state index in [-0.39, 0.29) is 0 Å². The molecule has 1 atom stereocenters. The van der Waals surface area contributed by atoms with Crippen molar-refractivity contribution in [3.8, 4) is 5.75 Å². The quantitative estimate of drug-likeness (QED) is 0.235. The Bertz CT molecular complexity index is 445. The molecule has 0 saturated heterocycles. The number of hydrogen-bond donors (Lipinski definition) is 2. The molecule has 4 nitrogen and oxygen atoms in total. The number of hydrogen-bond acceptors (Lipinski definition) is 3. The van der Waals surface area contributed by atoms with Crippen LogP contribution < -0.4 is 4.74 Å². The van der Waals surface area contributed by atoms with Gasteiger partial charge in [-0.3, -0.25) is 4.79 Å². The molecule has 0 heterocycles. The van der Waals surface area contributed by atoms with E-state index in [1.54, 1.807) is 19.1 Å². The van der Waals surface area contributed by atoms with Crippen molar-refractivity contribution in [2.24, 2.45) is 0 Å². The molecule has 2 N–H and O–H groups in total. The van der Waals surface area contributed by atoms with Crippen LogP contribution in [0, 0.1) is 0 Å². The second kappa shape index (κ2) is 20.2. The van der Waals surface area contributed by atoms with Gasteiger partial charge in [-0.2, -0.15) is 0 Å². The lowest BCUT2D eigenvalue weighted by Gasteiger charge is -2.06. The molecule has 1 aromatic carbocycles. The van der Waals surface area contributed by atoms with Crippen LogP contribution in [-0.2, 0) is 4.79 Å². The second-order valence-electron chi connectivity index (χ2n) is 7.42. The Morgan fingerprint density at radius 1 is 0.821 bits per heavy atom. The van der Waals surface area contributed by atoms with Gasteiger partial charge in [-0.05, 0) is 25.5 Å². The van der Waals surface area contributed by atoms with Gasteiger partial charge < -0.3 is 14.9 Å². The number of aliphatic hydroxyl groups is 1. The van der Waals surface area contributed by atoms with E-state index in [2.05, 4.69) is 6.92 Å². The molecule has 0 aliphatic heterocycles. The average Bonchev–Trinajstić information content (AvgIpc) is 2.66. The molecule has 0 aliphatic rings. The Kier molecular flexibility index (Phi) is 19.1. The molecule has 0 aliphatic carbocycles. The van der Waals surface area contributed by atoms with Gasteiger partial charge in [-0.1, -0.05) is 102 Å². The van der Waals surface area contributed by atoms with E-state index in [0.717, 1.165) is 12.8 Å². The summed E-state index contributed by atoms with van der Waals surface area (Å²) in [5.41, 5.74) is 0. The summed E-state index contributed by atoms with van der Waals surface area (Å²) in [6.45, 7) is 3.84. The highest BCUT2D eigenvalue weighted by atomic mass is 16.6. The normalized spacial score (nSPS) is 11.4. The highest BCUT2D eigenvalue weighted by molar-refractivity contribution is 5.66. The third-order valence-corrected chi connectivity index (χ3v) is 4.54. The molecule has 0 fully saturated rings. The largest absolute Gasteiger partial charge is 0.481 e. The molecule has 0 spiro atoms. The predicted octanol–water partition coefficient (Wildman–Crippen LogP) is 6.96. The van der Waals surface area contributed by atoms with E-state index in [1.165, 1.54) is 70.6 Å². The van der Waals surface area contributed by atoms with Crippen LogP contribution in [0.1, 0.15) is 104 Å². The molecule has 1 aromatic rings. The summed E-state index contributed by atoms with van der Waals surface area (Å²) < 4.78 is 4.97. The van der Waals surface area contributed by atoms with Gasteiger partial charge in [0.2, 0.25) is 0 Å². The molecule has 1 rings (SSSR count). The lowest BCUT2D eigenvalue weighted by atomic mass is 10.0. The summed E-state index contributed by atoms with van der Waals surface area (Å²) in [7, 11) is 0. The first-order valence-corrected chi connectivity index (χ1v) is 11.2. The lowest BCUT2D eigenvalue weighted by Crippen LogP contribution is -2.08. The number of unbranched alkanes of at least 4 members (excludes halogenated alkanes) is 12. The van der Waals surface area contributed by atoms with E-state index in [1.807, 2.05) is 18.2 Å². The Hall–Kier alpha value is -1.55. The fourth-order valence-corrected chi connectivity index (χ4v) is 2.99. The lowest BCUT2D eigenvalue weighted by molar-refractivity contribution is -0.137. The zero-order valence-electron chi connectivity index (χ0n) is 18.1. The van der Waals surface area contributed by atoms with Crippen molar-refractivity contribution in [2.45, 2.75) is 110 Å². The van der Waals surface area contributed by atoms with E-state index >= 15 is 0 Å². The number of carboxylic acid groups (broad SMARTS) is 1. The number of aliphatic carboxylic acids is 1. The maximum absolute atomic E-state index is 10.3. The molecule has 0 saturated carbocycles. The fraction of sp³-hybridized carbons (Fsp3) is 0.708. The van der Waals surface area contributed by atoms with Crippen molar-refractivity contribution in [1.29, 1.82) is 0 Å². The van der Waals surface area contributed by atoms with E-state index in [4.69, 9.17) is 14.9 Å². The number of rotatable bonds is 16. The third-order valence-electron chi connectivity index (χ3n) is 4.54. The first-order valence-electron chi connectivity index (χ1n) is 11.2. The van der Waals surface area contributed by atoms with Gasteiger partial charge in [0.15, 0.2) is 6.29 Å². The Morgan fingerprint density at radius 2 is 1.25 bits per heavy atom. The Morgan fingerprint density at radius 3 is 1.64 bits per heavy atom. The van der Waals surface area contributed by atoms with Crippen molar-refractivity contribution in [3.05, 3.63) is 30.3 Å².